The van der Waals surface area contributed by atoms with Gasteiger partial charge in [0.25, 0.3) is 0 Å². The lowest BCUT2D eigenvalue weighted by Crippen LogP contribution is -2.34. The number of hydrogen-bond acceptors (Lipinski definition) is 3. The number of aliphatic imine (C=N–C) groups is 1. The molecular weight excluding hydrogens is 412 g/mol. The molecule has 1 saturated heterocycles. The van der Waals surface area contributed by atoms with Gasteiger partial charge in [-0.2, -0.15) is 13.2 Å². The summed E-state index contributed by atoms with van der Waals surface area (Å²) in [5, 5.41) is 2.97. The highest BCUT2D eigenvalue weighted by molar-refractivity contribution is 14.0. The van der Waals surface area contributed by atoms with Gasteiger partial charge >= 0.3 is 6.18 Å². The normalized spacial score (nSPS) is 20.0. The van der Waals surface area contributed by atoms with Crippen LogP contribution in [0.15, 0.2) is 4.99 Å². The van der Waals surface area contributed by atoms with E-state index in [9.17, 15) is 13.2 Å². The van der Waals surface area contributed by atoms with Crippen LogP contribution in [-0.2, 0) is 4.74 Å². The van der Waals surface area contributed by atoms with Crippen LogP contribution in [0.25, 0.3) is 0 Å². The van der Waals surface area contributed by atoms with Crippen molar-refractivity contribution in [1.82, 2.24) is 10.2 Å². The van der Waals surface area contributed by atoms with E-state index in [1.165, 1.54) is 4.90 Å². The first-order chi connectivity index (χ1) is 9.90. The van der Waals surface area contributed by atoms with Crippen LogP contribution in [0.1, 0.15) is 19.8 Å². The standard InChI is InChI=1S/C13H25F3N4O.HI/c1-2-21-7-3-5-18-12(17)19-8-11-4-6-20(9-11)10-13(14,15)16;/h11H,2-10H2,1H3,(H3,17,18,19);1H. The predicted molar refractivity (Wildman–Crippen MR) is 91.6 cm³/mol. The van der Waals surface area contributed by atoms with Crippen molar-refractivity contribution < 1.29 is 17.9 Å². The molecule has 0 aromatic heterocycles. The highest BCUT2D eigenvalue weighted by Crippen LogP contribution is 2.22. The zero-order chi connectivity index (χ0) is 15.7. The number of guanidine groups is 1. The lowest BCUT2D eigenvalue weighted by molar-refractivity contribution is -0.143. The molecule has 1 rings (SSSR count). The summed E-state index contributed by atoms with van der Waals surface area (Å²) in [7, 11) is 0. The molecule has 1 atom stereocenters. The van der Waals surface area contributed by atoms with E-state index in [1.54, 1.807) is 0 Å². The van der Waals surface area contributed by atoms with Crippen molar-refractivity contribution >= 4 is 29.9 Å². The molecule has 3 N–H and O–H groups in total. The fourth-order valence-electron chi connectivity index (χ4n) is 2.28. The van der Waals surface area contributed by atoms with Gasteiger partial charge in [0.1, 0.15) is 0 Å². The van der Waals surface area contributed by atoms with Crippen LogP contribution in [0.2, 0.25) is 0 Å². The molecule has 22 heavy (non-hydrogen) atoms. The number of nitrogens with one attached hydrogen (secondary N) is 1. The number of likely N-dealkylation sites (tertiary alicyclic amines) is 1. The van der Waals surface area contributed by atoms with Gasteiger partial charge < -0.3 is 15.8 Å². The van der Waals surface area contributed by atoms with Crippen LogP contribution in [0.4, 0.5) is 13.2 Å². The van der Waals surface area contributed by atoms with Gasteiger partial charge in [-0.05, 0) is 32.2 Å². The van der Waals surface area contributed by atoms with Crippen molar-refractivity contribution in [2.75, 3.05) is 45.9 Å². The van der Waals surface area contributed by atoms with Gasteiger partial charge in [0.2, 0.25) is 0 Å². The van der Waals surface area contributed by atoms with Crippen molar-refractivity contribution in [3.63, 3.8) is 0 Å². The summed E-state index contributed by atoms with van der Waals surface area (Å²) in [6, 6.07) is 0. The van der Waals surface area contributed by atoms with E-state index in [2.05, 4.69) is 10.3 Å². The van der Waals surface area contributed by atoms with Crippen LogP contribution in [0.5, 0.6) is 0 Å². The molecular formula is C13H26F3IN4O. The van der Waals surface area contributed by atoms with Gasteiger partial charge in [0.05, 0.1) is 6.54 Å². The van der Waals surface area contributed by atoms with Gasteiger partial charge in [0.15, 0.2) is 5.96 Å². The highest BCUT2D eigenvalue weighted by atomic mass is 127. The van der Waals surface area contributed by atoms with E-state index < -0.39 is 12.7 Å². The zero-order valence-corrected chi connectivity index (χ0v) is 15.2. The van der Waals surface area contributed by atoms with E-state index >= 15 is 0 Å². The van der Waals surface area contributed by atoms with Crippen molar-refractivity contribution in [2.24, 2.45) is 16.6 Å². The average molecular weight is 438 g/mol. The first-order valence-electron chi connectivity index (χ1n) is 7.31. The largest absolute Gasteiger partial charge is 0.401 e. The molecule has 0 aliphatic carbocycles. The minimum absolute atomic E-state index is 0. The second-order valence-corrected chi connectivity index (χ2v) is 5.21. The van der Waals surface area contributed by atoms with Crippen LogP contribution < -0.4 is 11.1 Å². The summed E-state index contributed by atoms with van der Waals surface area (Å²) in [5.74, 6) is 0.497. The minimum atomic E-state index is -4.13. The highest BCUT2D eigenvalue weighted by Gasteiger charge is 2.34. The second-order valence-electron chi connectivity index (χ2n) is 5.21. The number of nitrogens with two attached hydrogens (primary N) is 1. The number of halogens is 4. The predicted octanol–water partition coefficient (Wildman–Crippen LogP) is 1.82. The Hall–Kier alpha value is -0.290. The minimum Gasteiger partial charge on any atom is -0.382 e. The molecule has 1 heterocycles. The van der Waals surface area contributed by atoms with Gasteiger partial charge in [-0.25, -0.2) is 0 Å². The summed E-state index contributed by atoms with van der Waals surface area (Å²) in [6.07, 6.45) is -2.55. The number of ether oxygens (including phenoxy) is 1. The summed E-state index contributed by atoms with van der Waals surface area (Å²) in [5.41, 5.74) is 5.71. The lowest BCUT2D eigenvalue weighted by atomic mass is 10.1. The van der Waals surface area contributed by atoms with Crippen LogP contribution >= 0.6 is 24.0 Å². The maximum Gasteiger partial charge on any atom is 0.401 e. The van der Waals surface area contributed by atoms with Crippen molar-refractivity contribution in [1.29, 1.82) is 0 Å². The Morgan fingerprint density at radius 2 is 2.18 bits per heavy atom. The molecule has 0 amide bonds. The van der Waals surface area contributed by atoms with E-state index in [0.29, 0.717) is 45.4 Å². The van der Waals surface area contributed by atoms with Crippen LogP contribution in [0.3, 0.4) is 0 Å². The first kappa shape index (κ1) is 21.7. The van der Waals surface area contributed by atoms with Crippen molar-refractivity contribution in [3.8, 4) is 0 Å². The molecule has 0 spiro atoms. The summed E-state index contributed by atoms with van der Waals surface area (Å²) in [4.78, 5) is 5.61. The van der Waals surface area contributed by atoms with E-state index in [4.69, 9.17) is 10.5 Å². The number of alkyl halides is 3. The Balaban J connectivity index is 0.00000441. The fourth-order valence-corrected chi connectivity index (χ4v) is 2.28. The molecule has 1 unspecified atom stereocenters. The van der Waals surface area contributed by atoms with Gasteiger partial charge in [-0.3, -0.25) is 9.89 Å². The molecule has 1 aliphatic rings. The third-order valence-corrected chi connectivity index (χ3v) is 3.27. The molecule has 0 bridgehead atoms. The third-order valence-electron chi connectivity index (χ3n) is 3.27. The van der Waals surface area contributed by atoms with Crippen LogP contribution in [0, 0.1) is 5.92 Å². The molecule has 132 valence electrons. The Kier molecular flexibility index (Phi) is 11.1. The van der Waals surface area contributed by atoms with E-state index in [1.807, 2.05) is 6.92 Å². The quantitative estimate of drug-likeness (QED) is 0.263. The first-order valence-corrected chi connectivity index (χ1v) is 7.31. The number of nitrogens with zero attached hydrogens (tertiary/aromatic N) is 2. The summed E-state index contributed by atoms with van der Waals surface area (Å²) in [6.45, 7) is 4.53. The summed E-state index contributed by atoms with van der Waals surface area (Å²) >= 11 is 0. The number of hydrogen-bond donors (Lipinski definition) is 2. The number of rotatable bonds is 8. The van der Waals surface area contributed by atoms with Crippen molar-refractivity contribution in [3.05, 3.63) is 0 Å². The van der Waals surface area contributed by atoms with Crippen LogP contribution in [-0.4, -0.2) is 63.0 Å². The van der Waals surface area contributed by atoms with Gasteiger partial charge in [0, 0.05) is 32.8 Å². The maximum atomic E-state index is 12.3. The zero-order valence-electron chi connectivity index (χ0n) is 12.9. The molecule has 0 saturated carbocycles. The lowest BCUT2D eigenvalue weighted by Gasteiger charge is -2.17. The topological polar surface area (TPSA) is 62.9 Å². The third kappa shape index (κ3) is 10.4. The monoisotopic (exact) mass is 438 g/mol. The molecule has 1 aliphatic heterocycles. The smallest absolute Gasteiger partial charge is 0.382 e. The molecule has 5 nitrogen and oxygen atoms in total. The Morgan fingerprint density at radius 3 is 2.82 bits per heavy atom. The van der Waals surface area contributed by atoms with E-state index in [-0.39, 0.29) is 29.9 Å². The fraction of sp³-hybridized carbons (Fsp3) is 0.923. The SMILES string of the molecule is CCOCCCNC(N)=NCC1CCN(CC(F)(F)F)C1.I. The molecule has 0 aromatic carbocycles. The Labute approximate surface area is 146 Å². The van der Waals surface area contributed by atoms with Crippen molar-refractivity contribution in [2.45, 2.75) is 25.9 Å². The molecule has 9 heteroatoms. The average Bonchev–Trinajstić information content (AvgIpc) is 2.81. The Morgan fingerprint density at radius 1 is 1.45 bits per heavy atom. The second kappa shape index (κ2) is 11.3. The van der Waals surface area contributed by atoms with Gasteiger partial charge in [-0.15, -0.1) is 24.0 Å². The summed E-state index contributed by atoms with van der Waals surface area (Å²) < 4.78 is 42.0. The molecule has 0 radical (unpaired) electrons. The molecule has 0 aromatic rings. The van der Waals surface area contributed by atoms with E-state index in [0.717, 1.165) is 12.8 Å². The maximum absolute atomic E-state index is 12.3. The molecule has 1 fully saturated rings. The Bertz CT molecular complexity index is 329. The van der Waals surface area contributed by atoms with Gasteiger partial charge in [-0.1, -0.05) is 0 Å².